The Hall–Kier alpha value is -4.16. The molecule has 0 unspecified atom stereocenters. The van der Waals surface area contributed by atoms with Crippen molar-refractivity contribution >= 4 is 34.1 Å². The molecule has 0 saturated carbocycles. The van der Waals surface area contributed by atoms with Crippen LogP contribution in [0.5, 0.6) is 5.75 Å². The molecule has 12 heteroatoms. The highest BCUT2D eigenvalue weighted by Crippen LogP contribution is 2.26. The Morgan fingerprint density at radius 2 is 2.00 bits per heavy atom. The summed E-state index contributed by atoms with van der Waals surface area (Å²) in [5.74, 6) is -1.04. The number of anilines is 3. The van der Waals surface area contributed by atoms with E-state index in [9.17, 15) is 18.7 Å². The van der Waals surface area contributed by atoms with Crippen LogP contribution in [-0.2, 0) is 11.3 Å². The van der Waals surface area contributed by atoms with E-state index in [-0.39, 0.29) is 18.8 Å². The van der Waals surface area contributed by atoms with Gasteiger partial charge in [-0.1, -0.05) is 13.0 Å². The molecule has 0 aliphatic carbocycles. The molecule has 206 valence electrons. The van der Waals surface area contributed by atoms with Crippen molar-refractivity contribution in [1.29, 1.82) is 0 Å². The maximum absolute atomic E-state index is 13.8. The van der Waals surface area contributed by atoms with Gasteiger partial charge in [0, 0.05) is 36.8 Å². The number of fused-ring (bicyclic) bond motifs is 1. The summed E-state index contributed by atoms with van der Waals surface area (Å²) in [5.41, 5.74) is 0.454. The summed E-state index contributed by atoms with van der Waals surface area (Å²) in [4.78, 5) is 23.1. The minimum Gasteiger partial charge on any atom is -0.493 e. The molecule has 4 aromatic rings. The van der Waals surface area contributed by atoms with Gasteiger partial charge in [0.2, 0.25) is 5.91 Å². The molecule has 0 radical (unpaired) electrons. The van der Waals surface area contributed by atoms with Gasteiger partial charge in [-0.15, -0.1) is 0 Å². The lowest BCUT2D eigenvalue weighted by atomic mass is 10.2. The van der Waals surface area contributed by atoms with Crippen LogP contribution in [0.4, 0.5) is 26.1 Å². The number of hydrogen-bond acceptors (Lipinski definition) is 8. The third-order valence-corrected chi connectivity index (χ3v) is 5.87. The van der Waals surface area contributed by atoms with Crippen LogP contribution in [0.25, 0.3) is 10.9 Å². The summed E-state index contributed by atoms with van der Waals surface area (Å²) >= 11 is 0. The second-order valence-electron chi connectivity index (χ2n) is 8.84. The van der Waals surface area contributed by atoms with Crippen LogP contribution < -0.4 is 15.4 Å². The Balaban J connectivity index is 1.33. The van der Waals surface area contributed by atoms with E-state index in [1.54, 1.807) is 12.3 Å². The number of nitrogens with one attached hydrogen (secondary N) is 2. The van der Waals surface area contributed by atoms with Gasteiger partial charge in [0.25, 0.3) is 0 Å². The average molecular weight is 540 g/mol. The number of nitrogens with zero attached hydrogens (tertiary/aromatic N) is 5. The molecule has 4 rings (SSSR count). The zero-order valence-electron chi connectivity index (χ0n) is 21.6. The van der Waals surface area contributed by atoms with Crippen molar-refractivity contribution in [2.75, 3.05) is 43.5 Å². The summed E-state index contributed by atoms with van der Waals surface area (Å²) < 4.78 is 34.4. The fourth-order valence-corrected chi connectivity index (χ4v) is 4.07. The molecule has 1 amide bonds. The van der Waals surface area contributed by atoms with Gasteiger partial charge < -0.3 is 25.4 Å². The molecule has 2 aromatic carbocycles. The molecule has 3 N–H and O–H groups in total. The van der Waals surface area contributed by atoms with E-state index in [1.165, 1.54) is 23.1 Å². The minimum absolute atomic E-state index is 0.148. The molecular formula is C27H31F2N7O3. The van der Waals surface area contributed by atoms with Crippen LogP contribution in [0.2, 0.25) is 0 Å². The molecule has 10 nitrogen and oxygen atoms in total. The zero-order valence-corrected chi connectivity index (χ0v) is 21.6. The number of aliphatic hydroxyl groups is 1. The molecule has 39 heavy (non-hydrogen) atoms. The lowest BCUT2D eigenvalue weighted by Crippen LogP contribution is -2.29. The van der Waals surface area contributed by atoms with Gasteiger partial charge in [0.05, 0.1) is 24.4 Å². The van der Waals surface area contributed by atoms with E-state index in [0.717, 1.165) is 37.4 Å². The molecule has 2 heterocycles. The van der Waals surface area contributed by atoms with E-state index in [2.05, 4.69) is 37.5 Å². The highest BCUT2D eigenvalue weighted by atomic mass is 19.2. The Morgan fingerprint density at radius 3 is 2.82 bits per heavy atom. The van der Waals surface area contributed by atoms with Crippen LogP contribution >= 0.6 is 0 Å². The van der Waals surface area contributed by atoms with Crippen molar-refractivity contribution in [3.8, 4) is 5.75 Å². The summed E-state index contributed by atoms with van der Waals surface area (Å²) in [5, 5.41) is 19.7. The van der Waals surface area contributed by atoms with Crippen LogP contribution in [0.1, 0.15) is 19.8 Å². The van der Waals surface area contributed by atoms with E-state index in [1.807, 2.05) is 18.2 Å². The first kappa shape index (κ1) is 27.9. The fraction of sp³-hybridized carbons (Fsp3) is 0.333. The van der Waals surface area contributed by atoms with Gasteiger partial charge in [-0.05, 0) is 43.7 Å². The Kier molecular flexibility index (Phi) is 9.70. The topological polar surface area (TPSA) is 117 Å². The van der Waals surface area contributed by atoms with E-state index in [0.29, 0.717) is 36.1 Å². The van der Waals surface area contributed by atoms with Gasteiger partial charge >= 0.3 is 0 Å². The van der Waals surface area contributed by atoms with Crippen LogP contribution in [-0.4, -0.2) is 68.5 Å². The average Bonchev–Trinajstić information content (AvgIpc) is 3.36. The van der Waals surface area contributed by atoms with Crippen molar-refractivity contribution in [2.24, 2.45) is 0 Å². The van der Waals surface area contributed by atoms with Crippen molar-refractivity contribution in [3.63, 3.8) is 0 Å². The zero-order chi connectivity index (χ0) is 27.6. The molecule has 0 bridgehead atoms. The predicted octanol–water partition coefficient (Wildman–Crippen LogP) is 3.96. The maximum atomic E-state index is 13.8. The van der Waals surface area contributed by atoms with Gasteiger partial charge in [0.15, 0.2) is 17.5 Å². The number of benzene rings is 2. The predicted molar refractivity (Wildman–Crippen MR) is 144 cm³/mol. The van der Waals surface area contributed by atoms with Gasteiger partial charge in [-0.3, -0.25) is 9.48 Å². The first-order valence-corrected chi connectivity index (χ1v) is 12.7. The first-order chi connectivity index (χ1) is 19.0. The number of ether oxygens (including phenoxy) is 1. The lowest BCUT2D eigenvalue weighted by molar-refractivity contribution is -0.116. The van der Waals surface area contributed by atoms with Gasteiger partial charge in [0.1, 0.15) is 24.4 Å². The standard InChI is InChI=1S/C27H31F2N7O3/c1-2-10-35(13-14-37)11-4-15-39-19-7-8-20-23(16-19)30-18-31-27(20)33-24-9-12-36(34-24)17-25(38)32-22-6-3-5-21(28)26(22)29/h3,5-9,12,16,18,37H,2,4,10-11,13-15,17H2,1H3,(H,32,38)(H,30,31,33,34). The summed E-state index contributed by atoms with van der Waals surface area (Å²) in [6.45, 7) is 5.08. The first-order valence-electron chi connectivity index (χ1n) is 12.7. The lowest BCUT2D eigenvalue weighted by Gasteiger charge is -2.20. The summed E-state index contributed by atoms with van der Waals surface area (Å²) in [6.07, 6.45) is 4.90. The molecule has 0 fully saturated rings. The molecule has 0 atom stereocenters. The Labute approximate surface area is 224 Å². The van der Waals surface area contributed by atoms with Crippen LogP contribution in [0, 0.1) is 11.6 Å². The largest absolute Gasteiger partial charge is 0.493 e. The van der Waals surface area contributed by atoms with E-state index < -0.39 is 17.5 Å². The van der Waals surface area contributed by atoms with Crippen molar-refractivity contribution in [1.82, 2.24) is 24.6 Å². The fourth-order valence-electron chi connectivity index (χ4n) is 4.07. The molecule has 0 aliphatic rings. The van der Waals surface area contributed by atoms with E-state index >= 15 is 0 Å². The number of carbonyl (C=O) groups excluding carboxylic acids is 1. The highest BCUT2D eigenvalue weighted by Gasteiger charge is 2.13. The van der Waals surface area contributed by atoms with Crippen molar-refractivity contribution < 1.29 is 23.4 Å². The van der Waals surface area contributed by atoms with Gasteiger partial charge in [-0.25, -0.2) is 18.7 Å². The number of hydrogen-bond donors (Lipinski definition) is 3. The third kappa shape index (κ3) is 7.68. The highest BCUT2D eigenvalue weighted by molar-refractivity contribution is 5.91. The maximum Gasteiger partial charge on any atom is 0.246 e. The third-order valence-electron chi connectivity index (χ3n) is 5.87. The monoisotopic (exact) mass is 539 g/mol. The molecule has 0 spiro atoms. The minimum atomic E-state index is -1.12. The number of aromatic nitrogens is 4. The number of aliphatic hydroxyl groups excluding tert-OH is 1. The second kappa shape index (κ2) is 13.6. The van der Waals surface area contributed by atoms with Crippen molar-refractivity contribution in [2.45, 2.75) is 26.3 Å². The number of amides is 1. The second-order valence-corrected chi connectivity index (χ2v) is 8.84. The number of halogens is 2. The molecular weight excluding hydrogens is 508 g/mol. The Morgan fingerprint density at radius 1 is 1.13 bits per heavy atom. The molecule has 0 saturated heterocycles. The normalized spacial score (nSPS) is 11.2. The summed E-state index contributed by atoms with van der Waals surface area (Å²) in [6, 6.07) is 10.8. The summed E-state index contributed by atoms with van der Waals surface area (Å²) in [7, 11) is 0. The van der Waals surface area contributed by atoms with Crippen LogP contribution in [0.15, 0.2) is 55.0 Å². The quantitative estimate of drug-likeness (QED) is 0.206. The molecule has 0 aliphatic heterocycles. The number of rotatable bonds is 14. The van der Waals surface area contributed by atoms with Crippen LogP contribution in [0.3, 0.4) is 0 Å². The molecule has 2 aromatic heterocycles. The Bertz CT molecular complexity index is 1390. The van der Waals surface area contributed by atoms with Gasteiger partial charge in [-0.2, -0.15) is 5.10 Å². The SMILES string of the molecule is CCCN(CCO)CCCOc1ccc2c(Nc3ccn(CC(=O)Nc4cccc(F)c4F)n3)ncnc2c1. The van der Waals surface area contributed by atoms with E-state index in [4.69, 9.17) is 4.74 Å². The number of carbonyl (C=O) groups is 1. The van der Waals surface area contributed by atoms with Crippen molar-refractivity contribution in [3.05, 3.63) is 66.6 Å². The smallest absolute Gasteiger partial charge is 0.246 e.